The summed E-state index contributed by atoms with van der Waals surface area (Å²) in [4.78, 5) is 22.7. The average molecular weight is 449 g/mol. The maximum absolute atomic E-state index is 13.2. The summed E-state index contributed by atoms with van der Waals surface area (Å²) in [6, 6.07) is 15.6. The fraction of sp³-hybridized carbons (Fsp3) is 0.320. The van der Waals surface area contributed by atoms with Gasteiger partial charge in [-0.15, -0.1) is 0 Å². The van der Waals surface area contributed by atoms with Crippen molar-refractivity contribution in [2.45, 2.75) is 32.3 Å². The second-order valence-corrected chi connectivity index (χ2v) is 8.49. The molecule has 1 saturated heterocycles. The molecular weight excluding hydrogens is 424 g/mol. The third-order valence-corrected chi connectivity index (χ3v) is 6.30. The Bertz CT molecular complexity index is 1160. The fourth-order valence-electron chi connectivity index (χ4n) is 4.22. The van der Waals surface area contributed by atoms with Crippen LogP contribution in [0.4, 0.5) is 0 Å². The van der Waals surface area contributed by atoms with Gasteiger partial charge in [0.15, 0.2) is 0 Å². The maximum Gasteiger partial charge on any atom is 0.253 e. The maximum atomic E-state index is 13.2. The van der Waals surface area contributed by atoms with Crippen LogP contribution >= 0.6 is 11.6 Å². The zero-order valence-corrected chi connectivity index (χ0v) is 18.9. The van der Waals surface area contributed by atoms with Crippen LogP contribution in [0.25, 0.3) is 11.3 Å². The number of carbonyl (C=O) groups excluding carboxylic acids is 1. The second-order valence-electron chi connectivity index (χ2n) is 8.11. The molecule has 0 spiro atoms. The van der Waals surface area contributed by atoms with E-state index in [0.717, 1.165) is 24.0 Å². The van der Waals surface area contributed by atoms with Gasteiger partial charge in [-0.1, -0.05) is 29.8 Å². The Kier molecular flexibility index (Phi) is 6.59. The van der Waals surface area contributed by atoms with Crippen molar-refractivity contribution in [3.63, 3.8) is 0 Å². The lowest BCUT2D eigenvalue weighted by atomic mass is 9.88. The molecule has 0 unspecified atom stereocenters. The van der Waals surface area contributed by atoms with Gasteiger partial charge < -0.3 is 14.6 Å². The number of hydrogen-bond acceptors (Lipinski definition) is 4. The third-order valence-electron chi connectivity index (χ3n) is 6.02. The van der Waals surface area contributed by atoms with Gasteiger partial charge in [-0.05, 0) is 61.1 Å². The van der Waals surface area contributed by atoms with E-state index in [2.05, 4.69) is 16.0 Å². The first-order valence-corrected chi connectivity index (χ1v) is 11.0. The van der Waals surface area contributed by atoms with Gasteiger partial charge in [-0.25, -0.2) is 4.98 Å². The Hall–Kier alpha value is -3.14. The normalized spacial score (nSPS) is 14.4. The second kappa shape index (κ2) is 9.56. The molecule has 0 radical (unpaired) electrons. The summed E-state index contributed by atoms with van der Waals surface area (Å²) in [5.74, 6) is 1.07. The highest BCUT2D eigenvalue weighted by Crippen LogP contribution is 2.32. The number of nitrogens with zero attached hydrogens (tertiary/aromatic N) is 3. The molecule has 1 fully saturated rings. The molecule has 1 N–H and O–H groups in total. The van der Waals surface area contributed by atoms with Gasteiger partial charge in [0.1, 0.15) is 23.3 Å². The minimum atomic E-state index is 0.0216. The highest BCUT2D eigenvalue weighted by atomic mass is 35.5. The van der Waals surface area contributed by atoms with E-state index in [1.165, 1.54) is 5.56 Å². The van der Waals surface area contributed by atoms with Gasteiger partial charge >= 0.3 is 0 Å². The van der Waals surface area contributed by atoms with Crippen molar-refractivity contribution in [3.8, 4) is 17.3 Å². The van der Waals surface area contributed by atoms with E-state index >= 15 is 0 Å². The molecule has 32 heavy (non-hydrogen) atoms. The summed E-state index contributed by atoms with van der Waals surface area (Å²) in [7, 11) is 1.60. The Morgan fingerprint density at radius 1 is 1.25 bits per heavy atom. The molecule has 1 amide bonds. The Balaban J connectivity index is 1.48. The number of H-pyrrole nitrogens is 1. The number of aryl methyl sites for hydroxylation is 1. The number of nitrogens with one attached hydrogen (secondary N) is 1. The molecule has 2 heterocycles. The topological polar surface area (TPSA) is 82.0 Å². The van der Waals surface area contributed by atoms with Crippen molar-refractivity contribution in [1.29, 1.82) is 5.26 Å². The first-order valence-electron chi connectivity index (χ1n) is 10.6. The molecular formula is C25H25ClN4O2. The number of ether oxygens (including phenoxy) is 1. The van der Waals surface area contributed by atoms with Crippen LogP contribution in [0.5, 0.6) is 0 Å². The van der Waals surface area contributed by atoms with Crippen molar-refractivity contribution in [1.82, 2.24) is 14.9 Å². The standard InChI is InChI=1S/C25H25ClN4O2/c1-16-3-6-20(13-21(16)23-24(26)29-22(28-23)15-32-2)25(31)30-11-9-19(10-12-30)18-7-4-17(14-27)5-8-18/h3-8,13,19H,9-12,15H2,1-2H3,(H,28,29). The Morgan fingerprint density at radius 3 is 2.62 bits per heavy atom. The number of halogens is 1. The van der Waals surface area contributed by atoms with E-state index in [1.54, 1.807) is 7.11 Å². The Labute approximate surface area is 192 Å². The molecule has 164 valence electrons. The van der Waals surface area contributed by atoms with Crippen LogP contribution in [0, 0.1) is 18.3 Å². The zero-order valence-electron chi connectivity index (χ0n) is 18.2. The highest BCUT2D eigenvalue weighted by Gasteiger charge is 2.25. The van der Waals surface area contributed by atoms with Crippen LogP contribution in [0.1, 0.15) is 51.6 Å². The van der Waals surface area contributed by atoms with Gasteiger partial charge in [-0.2, -0.15) is 5.26 Å². The molecule has 1 aromatic heterocycles. The smallest absolute Gasteiger partial charge is 0.253 e. The summed E-state index contributed by atoms with van der Waals surface area (Å²) in [6.07, 6.45) is 1.81. The molecule has 7 heteroatoms. The van der Waals surface area contributed by atoms with E-state index in [9.17, 15) is 4.79 Å². The van der Waals surface area contributed by atoms with Crippen molar-refractivity contribution in [3.05, 3.63) is 75.7 Å². The number of rotatable bonds is 5. The summed E-state index contributed by atoms with van der Waals surface area (Å²) in [5.41, 5.74) is 5.00. The van der Waals surface area contributed by atoms with E-state index < -0.39 is 0 Å². The predicted octanol–water partition coefficient (Wildman–Crippen LogP) is 5.08. The van der Waals surface area contributed by atoms with Crippen LogP contribution in [0.2, 0.25) is 5.15 Å². The number of hydrogen-bond donors (Lipinski definition) is 1. The van der Waals surface area contributed by atoms with E-state index in [0.29, 0.717) is 53.4 Å². The van der Waals surface area contributed by atoms with Crippen LogP contribution in [0.3, 0.4) is 0 Å². The quantitative estimate of drug-likeness (QED) is 0.590. The summed E-state index contributed by atoms with van der Waals surface area (Å²) in [5, 5.41) is 9.42. The minimum Gasteiger partial charge on any atom is -0.377 e. The van der Waals surface area contributed by atoms with Crippen LogP contribution < -0.4 is 0 Å². The predicted molar refractivity (Wildman–Crippen MR) is 124 cm³/mol. The lowest BCUT2D eigenvalue weighted by Gasteiger charge is -2.32. The van der Waals surface area contributed by atoms with Crippen LogP contribution in [-0.2, 0) is 11.3 Å². The number of imidazole rings is 1. The highest BCUT2D eigenvalue weighted by molar-refractivity contribution is 6.32. The number of methoxy groups -OCH3 is 1. The number of benzene rings is 2. The SMILES string of the molecule is COCc1nc(-c2cc(C(=O)N3CCC(c4ccc(C#N)cc4)CC3)ccc2C)c(Cl)[nH]1. The monoisotopic (exact) mass is 448 g/mol. The third kappa shape index (κ3) is 4.55. The van der Waals surface area contributed by atoms with E-state index in [4.69, 9.17) is 21.6 Å². The minimum absolute atomic E-state index is 0.0216. The van der Waals surface area contributed by atoms with Crippen molar-refractivity contribution >= 4 is 17.5 Å². The van der Waals surface area contributed by atoms with Crippen LogP contribution in [0.15, 0.2) is 42.5 Å². The first-order chi connectivity index (χ1) is 15.5. The van der Waals surface area contributed by atoms with E-state index in [1.807, 2.05) is 54.3 Å². The van der Waals surface area contributed by atoms with Crippen molar-refractivity contribution in [2.75, 3.05) is 20.2 Å². The largest absolute Gasteiger partial charge is 0.377 e. The van der Waals surface area contributed by atoms with Gasteiger partial charge in [-0.3, -0.25) is 4.79 Å². The summed E-state index contributed by atoms with van der Waals surface area (Å²) < 4.78 is 5.13. The first kappa shape index (κ1) is 22.1. The summed E-state index contributed by atoms with van der Waals surface area (Å²) in [6.45, 7) is 3.72. The molecule has 0 saturated carbocycles. The number of aromatic amines is 1. The lowest BCUT2D eigenvalue weighted by Crippen LogP contribution is -2.37. The van der Waals surface area contributed by atoms with Gasteiger partial charge in [0.25, 0.3) is 5.91 Å². The summed E-state index contributed by atoms with van der Waals surface area (Å²) >= 11 is 6.37. The average Bonchev–Trinajstić information content (AvgIpc) is 3.19. The van der Waals surface area contributed by atoms with Gasteiger partial charge in [0.2, 0.25) is 0 Å². The molecule has 0 bridgehead atoms. The van der Waals surface area contributed by atoms with Crippen LogP contribution in [-0.4, -0.2) is 41.0 Å². The number of likely N-dealkylation sites (tertiary alicyclic amines) is 1. The molecule has 0 aliphatic carbocycles. The number of amides is 1. The molecule has 4 rings (SSSR count). The molecule has 6 nitrogen and oxygen atoms in total. The van der Waals surface area contributed by atoms with Crippen molar-refractivity contribution in [2.24, 2.45) is 0 Å². The fourth-order valence-corrected chi connectivity index (χ4v) is 4.47. The Morgan fingerprint density at radius 2 is 1.97 bits per heavy atom. The number of carbonyl (C=O) groups is 1. The number of piperidine rings is 1. The lowest BCUT2D eigenvalue weighted by molar-refractivity contribution is 0.0713. The van der Waals surface area contributed by atoms with Gasteiger partial charge in [0, 0.05) is 31.3 Å². The van der Waals surface area contributed by atoms with E-state index in [-0.39, 0.29) is 5.91 Å². The number of nitriles is 1. The van der Waals surface area contributed by atoms with Gasteiger partial charge in [0.05, 0.1) is 11.6 Å². The zero-order chi connectivity index (χ0) is 22.7. The van der Waals surface area contributed by atoms with Crippen molar-refractivity contribution < 1.29 is 9.53 Å². The molecule has 3 aromatic rings. The molecule has 0 atom stereocenters. The number of aromatic nitrogens is 2. The molecule has 1 aliphatic rings. The molecule has 2 aromatic carbocycles. The molecule has 1 aliphatic heterocycles.